The molecule has 0 saturated heterocycles. The fraction of sp³-hybridized carbons (Fsp3) is 0.231. The maximum absolute atomic E-state index is 13.1. The van der Waals surface area contributed by atoms with E-state index in [1.807, 2.05) is 0 Å². The number of carbonyl (C=O) groups is 2. The van der Waals surface area contributed by atoms with Crippen LogP contribution in [0.2, 0.25) is 0 Å². The third-order valence-corrected chi connectivity index (χ3v) is 2.11. The number of primary amides is 1. The van der Waals surface area contributed by atoms with Gasteiger partial charge in [0.05, 0.1) is 18.7 Å². The monoisotopic (exact) mass is 264 g/mol. The zero-order valence-corrected chi connectivity index (χ0v) is 10.1. The first-order valence-electron chi connectivity index (χ1n) is 5.50. The Morgan fingerprint density at radius 2 is 2.16 bits per heavy atom. The molecule has 0 radical (unpaired) electrons. The fourth-order valence-corrected chi connectivity index (χ4v) is 1.29. The van der Waals surface area contributed by atoms with Crippen LogP contribution in [0.1, 0.15) is 22.3 Å². The van der Waals surface area contributed by atoms with Crippen LogP contribution in [0.25, 0.3) is 0 Å². The molecule has 1 aromatic rings. The standard InChI is InChI=1S/C13H13FN2O3/c14-10-5-4-9(3-1-2-6-17)11(7-10)13(19)16-8-12(15)18/h4-5,7,17H,2,6,8H2,(H2,15,18)(H,16,19). The van der Waals surface area contributed by atoms with Crippen molar-refractivity contribution in [3.63, 3.8) is 0 Å². The minimum Gasteiger partial charge on any atom is -0.395 e. The quantitative estimate of drug-likeness (QED) is 0.656. The van der Waals surface area contributed by atoms with Gasteiger partial charge < -0.3 is 16.2 Å². The minimum absolute atomic E-state index is 0.0201. The van der Waals surface area contributed by atoms with Crippen LogP contribution in [0.3, 0.4) is 0 Å². The second-order valence-corrected chi connectivity index (χ2v) is 3.61. The molecule has 0 aliphatic heterocycles. The zero-order valence-electron chi connectivity index (χ0n) is 10.1. The van der Waals surface area contributed by atoms with E-state index in [2.05, 4.69) is 17.2 Å². The molecule has 0 unspecified atom stereocenters. The lowest BCUT2D eigenvalue weighted by molar-refractivity contribution is -0.117. The van der Waals surface area contributed by atoms with Crippen LogP contribution < -0.4 is 11.1 Å². The van der Waals surface area contributed by atoms with Crippen LogP contribution in [0, 0.1) is 17.7 Å². The summed E-state index contributed by atoms with van der Waals surface area (Å²) in [7, 11) is 0. The lowest BCUT2D eigenvalue weighted by Crippen LogP contribution is -2.33. The first kappa shape index (κ1) is 14.7. The SMILES string of the molecule is NC(=O)CNC(=O)c1cc(F)ccc1C#CCCO. The average Bonchev–Trinajstić information content (AvgIpc) is 2.37. The van der Waals surface area contributed by atoms with E-state index in [1.165, 1.54) is 12.1 Å². The van der Waals surface area contributed by atoms with Gasteiger partial charge in [-0.05, 0) is 18.2 Å². The first-order valence-corrected chi connectivity index (χ1v) is 5.50. The number of carbonyl (C=O) groups excluding carboxylic acids is 2. The molecule has 5 nitrogen and oxygen atoms in total. The molecule has 0 saturated carbocycles. The van der Waals surface area contributed by atoms with Crippen molar-refractivity contribution in [2.24, 2.45) is 5.73 Å². The van der Waals surface area contributed by atoms with Crippen molar-refractivity contribution >= 4 is 11.8 Å². The molecular formula is C13H13FN2O3. The summed E-state index contributed by atoms with van der Waals surface area (Å²) in [6.07, 6.45) is 0.250. The number of benzene rings is 1. The molecule has 1 aromatic carbocycles. The van der Waals surface area contributed by atoms with Gasteiger partial charge in [0.25, 0.3) is 5.91 Å². The lowest BCUT2D eigenvalue weighted by atomic mass is 10.1. The number of amides is 2. The van der Waals surface area contributed by atoms with Crippen LogP contribution in [0.15, 0.2) is 18.2 Å². The highest BCUT2D eigenvalue weighted by Crippen LogP contribution is 2.10. The molecule has 19 heavy (non-hydrogen) atoms. The maximum atomic E-state index is 13.1. The molecule has 0 aliphatic carbocycles. The summed E-state index contributed by atoms with van der Waals surface area (Å²) in [6, 6.07) is 3.56. The van der Waals surface area contributed by atoms with Gasteiger partial charge in [-0.3, -0.25) is 9.59 Å². The summed E-state index contributed by atoms with van der Waals surface area (Å²) in [6.45, 7) is -0.434. The molecule has 6 heteroatoms. The second kappa shape index (κ2) is 7.13. The Morgan fingerprint density at radius 1 is 1.42 bits per heavy atom. The van der Waals surface area contributed by atoms with Gasteiger partial charge >= 0.3 is 0 Å². The maximum Gasteiger partial charge on any atom is 0.253 e. The second-order valence-electron chi connectivity index (χ2n) is 3.61. The van der Waals surface area contributed by atoms with Crippen LogP contribution in [-0.4, -0.2) is 30.1 Å². The van der Waals surface area contributed by atoms with Crippen LogP contribution >= 0.6 is 0 Å². The molecule has 0 aromatic heterocycles. The van der Waals surface area contributed by atoms with Crippen LogP contribution in [-0.2, 0) is 4.79 Å². The van der Waals surface area contributed by atoms with Gasteiger partial charge in [-0.1, -0.05) is 11.8 Å². The van der Waals surface area contributed by atoms with Gasteiger partial charge in [-0.15, -0.1) is 0 Å². The smallest absolute Gasteiger partial charge is 0.253 e. The van der Waals surface area contributed by atoms with Gasteiger partial charge in [0.15, 0.2) is 0 Å². The summed E-state index contributed by atoms with van der Waals surface area (Å²) in [5.74, 6) is 3.38. The number of halogens is 1. The van der Waals surface area contributed by atoms with E-state index in [1.54, 1.807) is 0 Å². The van der Waals surface area contributed by atoms with Gasteiger partial charge in [0, 0.05) is 12.0 Å². The molecule has 0 aliphatic rings. The molecular weight excluding hydrogens is 251 g/mol. The Morgan fingerprint density at radius 3 is 2.79 bits per heavy atom. The molecule has 4 N–H and O–H groups in total. The van der Waals surface area contributed by atoms with E-state index >= 15 is 0 Å². The number of nitrogens with one attached hydrogen (secondary N) is 1. The van der Waals surface area contributed by atoms with Crippen molar-refractivity contribution in [2.75, 3.05) is 13.2 Å². The number of rotatable bonds is 4. The van der Waals surface area contributed by atoms with Crippen LogP contribution in [0.5, 0.6) is 0 Å². The molecule has 2 amide bonds. The summed E-state index contributed by atoms with van der Waals surface area (Å²) < 4.78 is 13.1. The highest BCUT2D eigenvalue weighted by molar-refractivity contribution is 5.98. The fourth-order valence-electron chi connectivity index (χ4n) is 1.29. The van der Waals surface area contributed by atoms with E-state index in [0.717, 1.165) is 6.07 Å². The Kier molecular flexibility index (Phi) is 5.51. The van der Waals surface area contributed by atoms with E-state index in [9.17, 15) is 14.0 Å². The van der Waals surface area contributed by atoms with Crippen molar-refractivity contribution in [1.82, 2.24) is 5.32 Å². The number of nitrogens with two attached hydrogens (primary N) is 1. The van der Waals surface area contributed by atoms with E-state index < -0.39 is 17.6 Å². The topological polar surface area (TPSA) is 92.4 Å². The molecule has 0 heterocycles. The summed E-state index contributed by atoms with van der Waals surface area (Å²) in [5.41, 5.74) is 5.24. The normalized spacial score (nSPS) is 9.37. The highest BCUT2D eigenvalue weighted by Gasteiger charge is 2.11. The molecule has 100 valence electrons. The predicted octanol–water partition coefficient (Wildman–Crippen LogP) is -0.225. The highest BCUT2D eigenvalue weighted by atomic mass is 19.1. The van der Waals surface area contributed by atoms with Gasteiger partial charge in [-0.25, -0.2) is 4.39 Å². The van der Waals surface area contributed by atoms with E-state index in [0.29, 0.717) is 5.56 Å². The number of hydrogen-bond donors (Lipinski definition) is 3. The lowest BCUT2D eigenvalue weighted by Gasteiger charge is -2.05. The van der Waals surface area contributed by atoms with Crippen molar-refractivity contribution in [2.45, 2.75) is 6.42 Å². The van der Waals surface area contributed by atoms with Crippen molar-refractivity contribution in [3.05, 3.63) is 35.1 Å². The number of hydrogen-bond acceptors (Lipinski definition) is 3. The summed E-state index contributed by atoms with van der Waals surface area (Å²) in [5, 5.41) is 10.9. The Bertz CT molecular complexity index is 547. The predicted molar refractivity (Wildman–Crippen MR) is 66.5 cm³/mol. The first-order chi connectivity index (χ1) is 9.04. The van der Waals surface area contributed by atoms with Gasteiger partial charge in [0.2, 0.25) is 5.91 Å². The Balaban J connectivity index is 2.97. The molecule has 0 atom stereocenters. The summed E-state index contributed by atoms with van der Waals surface area (Å²) in [4.78, 5) is 22.3. The molecule has 0 spiro atoms. The molecule has 1 rings (SSSR count). The average molecular weight is 264 g/mol. The van der Waals surface area contributed by atoms with Crippen molar-refractivity contribution < 1.29 is 19.1 Å². The van der Waals surface area contributed by atoms with E-state index in [-0.39, 0.29) is 25.1 Å². The van der Waals surface area contributed by atoms with Crippen molar-refractivity contribution in [1.29, 1.82) is 0 Å². The van der Waals surface area contributed by atoms with Crippen molar-refractivity contribution in [3.8, 4) is 11.8 Å². The zero-order chi connectivity index (χ0) is 14.3. The minimum atomic E-state index is -0.697. The third-order valence-electron chi connectivity index (χ3n) is 2.11. The number of aliphatic hydroxyl groups excluding tert-OH is 1. The van der Waals surface area contributed by atoms with Crippen LogP contribution in [0.4, 0.5) is 4.39 Å². The summed E-state index contributed by atoms with van der Waals surface area (Å²) >= 11 is 0. The molecule has 0 fully saturated rings. The largest absolute Gasteiger partial charge is 0.395 e. The number of aliphatic hydroxyl groups is 1. The third kappa shape index (κ3) is 4.77. The van der Waals surface area contributed by atoms with Gasteiger partial charge in [-0.2, -0.15) is 0 Å². The van der Waals surface area contributed by atoms with E-state index in [4.69, 9.17) is 10.8 Å². The van der Waals surface area contributed by atoms with Gasteiger partial charge in [0.1, 0.15) is 5.82 Å². The Labute approximate surface area is 109 Å². The molecule has 0 bridgehead atoms. The Hall–Kier alpha value is -2.39.